The van der Waals surface area contributed by atoms with Crippen LogP contribution in [0.15, 0.2) is 48.5 Å². The molecule has 1 fully saturated rings. The van der Waals surface area contributed by atoms with E-state index in [-0.39, 0.29) is 17.9 Å². The van der Waals surface area contributed by atoms with E-state index in [0.29, 0.717) is 6.61 Å². The maximum atomic E-state index is 12.6. The van der Waals surface area contributed by atoms with E-state index >= 15 is 0 Å². The number of ether oxygens (including phenoxy) is 2. The number of hydrogen-bond acceptors (Lipinski definition) is 4. The molecule has 0 aliphatic carbocycles. The third-order valence-corrected chi connectivity index (χ3v) is 5.63. The highest BCUT2D eigenvalue weighted by Crippen LogP contribution is 2.22. The number of hydrogen-bond donors (Lipinski definition) is 1. The molecule has 29 heavy (non-hydrogen) atoms. The van der Waals surface area contributed by atoms with E-state index in [9.17, 15) is 4.79 Å². The second kappa shape index (κ2) is 10.5. The zero-order valence-corrected chi connectivity index (χ0v) is 17.8. The second-order valence-corrected chi connectivity index (χ2v) is 7.95. The highest BCUT2D eigenvalue weighted by molar-refractivity contribution is 6.31. The van der Waals surface area contributed by atoms with Gasteiger partial charge in [0.05, 0.1) is 13.2 Å². The maximum Gasteiger partial charge on any atom is 0.223 e. The van der Waals surface area contributed by atoms with E-state index in [0.717, 1.165) is 54.6 Å². The fourth-order valence-electron chi connectivity index (χ4n) is 3.52. The van der Waals surface area contributed by atoms with Crippen molar-refractivity contribution in [1.82, 2.24) is 10.2 Å². The van der Waals surface area contributed by atoms with Gasteiger partial charge in [0, 0.05) is 17.5 Å². The Balaban J connectivity index is 1.39. The van der Waals surface area contributed by atoms with Crippen molar-refractivity contribution >= 4 is 17.5 Å². The number of halogens is 1. The molecule has 0 spiro atoms. The fourth-order valence-corrected chi connectivity index (χ4v) is 3.71. The topological polar surface area (TPSA) is 50.8 Å². The summed E-state index contributed by atoms with van der Waals surface area (Å²) >= 11 is 6.26. The van der Waals surface area contributed by atoms with Crippen molar-refractivity contribution in [2.45, 2.75) is 32.4 Å². The molecule has 1 saturated heterocycles. The summed E-state index contributed by atoms with van der Waals surface area (Å²) in [5.74, 6) is 1.73. The number of nitrogens with zero attached hydrogens (tertiary/aromatic N) is 1. The van der Waals surface area contributed by atoms with Gasteiger partial charge in [0.15, 0.2) is 0 Å². The molecule has 6 heteroatoms. The first-order valence-corrected chi connectivity index (χ1v) is 10.5. The van der Waals surface area contributed by atoms with Gasteiger partial charge in [-0.25, -0.2) is 0 Å². The first kappa shape index (κ1) is 21.5. The molecule has 1 N–H and O–H groups in total. The molecule has 0 unspecified atom stereocenters. The van der Waals surface area contributed by atoms with Crippen LogP contribution in [0.5, 0.6) is 11.5 Å². The lowest BCUT2D eigenvalue weighted by Gasteiger charge is -2.32. The van der Waals surface area contributed by atoms with Crippen LogP contribution in [-0.4, -0.2) is 43.7 Å². The van der Waals surface area contributed by atoms with Crippen molar-refractivity contribution in [3.63, 3.8) is 0 Å². The van der Waals surface area contributed by atoms with Crippen LogP contribution in [-0.2, 0) is 11.3 Å². The summed E-state index contributed by atoms with van der Waals surface area (Å²) in [5.41, 5.74) is 1.14. The minimum atomic E-state index is -0.0502. The van der Waals surface area contributed by atoms with Gasteiger partial charge in [0.2, 0.25) is 5.91 Å². The highest BCUT2D eigenvalue weighted by Gasteiger charge is 2.26. The lowest BCUT2D eigenvalue weighted by Crippen LogP contribution is -2.44. The normalized spacial score (nSPS) is 16.2. The number of rotatable bonds is 8. The number of amides is 1. The molecule has 1 heterocycles. The Morgan fingerprint density at radius 3 is 2.45 bits per heavy atom. The predicted octanol–water partition coefficient (Wildman–Crippen LogP) is 4.14. The Morgan fingerprint density at radius 2 is 1.79 bits per heavy atom. The summed E-state index contributed by atoms with van der Waals surface area (Å²) in [7, 11) is 1.63. The zero-order valence-electron chi connectivity index (χ0n) is 17.1. The molecule has 2 aromatic carbocycles. The summed E-state index contributed by atoms with van der Waals surface area (Å²) < 4.78 is 10.9. The van der Waals surface area contributed by atoms with E-state index in [4.69, 9.17) is 21.1 Å². The summed E-state index contributed by atoms with van der Waals surface area (Å²) in [4.78, 5) is 15.0. The van der Waals surface area contributed by atoms with E-state index in [1.807, 2.05) is 49.4 Å². The van der Waals surface area contributed by atoms with Gasteiger partial charge < -0.3 is 14.8 Å². The minimum Gasteiger partial charge on any atom is -0.497 e. The lowest BCUT2D eigenvalue weighted by atomic mass is 9.95. The first-order chi connectivity index (χ1) is 14.0. The van der Waals surface area contributed by atoms with Gasteiger partial charge in [-0.15, -0.1) is 0 Å². The predicted molar refractivity (Wildman–Crippen MR) is 116 cm³/mol. The van der Waals surface area contributed by atoms with E-state index < -0.39 is 0 Å². The third-order valence-electron chi connectivity index (χ3n) is 5.26. The van der Waals surface area contributed by atoms with Gasteiger partial charge in [0.1, 0.15) is 18.1 Å². The number of piperidine rings is 1. The van der Waals surface area contributed by atoms with Crippen molar-refractivity contribution in [2.75, 3.05) is 26.8 Å². The molecule has 0 aromatic heterocycles. The van der Waals surface area contributed by atoms with Crippen molar-refractivity contribution in [2.24, 2.45) is 5.92 Å². The summed E-state index contributed by atoms with van der Waals surface area (Å²) in [6.07, 6.45) is 1.73. The monoisotopic (exact) mass is 416 g/mol. The summed E-state index contributed by atoms with van der Waals surface area (Å²) in [5, 5.41) is 3.89. The highest BCUT2D eigenvalue weighted by atomic mass is 35.5. The molecule has 1 aliphatic heterocycles. The van der Waals surface area contributed by atoms with Gasteiger partial charge in [-0.05, 0) is 68.8 Å². The number of methoxy groups -OCH3 is 1. The molecular formula is C23H29ClN2O3. The van der Waals surface area contributed by atoms with Gasteiger partial charge >= 0.3 is 0 Å². The number of benzene rings is 2. The molecule has 1 amide bonds. The summed E-state index contributed by atoms with van der Waals surface area (Å²) in [6, 6.07) is 15.3. The van der Waals surface area contributed by atoms with Crippen LogP contribution in [0, 0.1) is 5.92 Å². The number of carbonyl (C=O) groups excluding carboxylic acids is 1. The Bertz CT molecular complexity index is 789. The smallest absolute Gasteiger partial charge is 0.223 e. The average molecular weight is 417 g/mol. The van der Waals surface area contributed by atoms with E-state index in [1.165, 1.54) is 0 Å². The Labute approximate surface area is 177 Å². The first-order valence-electron chi connectivity index (χ1n) is 10.1. The van der Waals surface area contributed by atoms with Crippen molar-refractivity contribution < 1.29 is 14.3 Å². The van der Waals surface area contributed by atoms with Crippen LogP contribution in [0.1, 0.15) is 25.3 Å². The molecule has 1 aliphatic rings. The van der Waals surface area contributed by atoms with Gasteiger partial charge in [-0.1, -0.05) is 29.8 Å². The van der Waals surface area contributed by atoms with Crippen LogP contribution in [0.25, 0.3) is 0 Å². The van der Waals surface area contributed by atoms with E-state index in [2.05, 4.69) is 16.3 Å². The lowest BCUT2D eigenvalue weighted by molar-refractivity contribution is -0.127. The molecule has 5 nitrogen and oxygen atoms in total. The molecule has 3 rings (SSSR count). The van der Waals surface area contributed by atoms with Crippen LogP contribution in [0.2, 0.25) is 5.02 Å². The molecule has 0 saturated carbocycles. The van der Waals surface area contributed by atoms with Crippen LogP contribution < -0.4 is 14.8 Å². The maximum absolute atomic E-state index is 12.6. The third kappa shape index (κ3) is 6.38. The van der Waals surface area contributed by atoms with E-state index in [1.54, 1.807) is 7.11 Å². The Hall–Kier alpha value is -2.24. The van der Waals surface area contributed by atoms with Crippen LogP contribution in [0.3, 0.4) is 0 Å². The van der Waals surface area contributed by atoms with Crippen molar-refractivity contribution in [1.29, 1.82) is 0 Å². The molecule has 156 valence electrons. The van der Waals surface area contributed by atoms with Gasteiger partial charge in [-0.3, -0.25) is 9.69 Å². The van der Waals surface area contributed by atoms with Crippen LogP contribution >= 0.6 is 11.6 Å². The average Bonchev–Trinajstić information content (AvgIpc) is 2.75. The van der Waals surface area contributed by atoms with Crippen molar-refractivity contribution in [3.05, 3.63) is 59.1 Å². The fraction of sp³-hybridized carbons (Fsp3) is 0.435. The SMILES string of the molecule is COc1ccc(OC[C@@H](C)NC(=O)C2CCN(Cc3ccccc3Cl)CC2)cc1. The number of nitrogens with one attached hydrogen (secondary N) is 1. The van der Waals surface area contributed by atoms with Gasteiger partial charge in [0.25, 0.3) is 0 Å². The Morgan fingerprint density at radius 1 is 1.14 bits per heavy atom. The molecular weight excluding hydrogens is 388 g/mol. The molecule has 1 atom stereocenters. The number of likely N-dealkylation sites (tertiary alicyclic amines) is 1. The van der Waals surface area contributed by atoms with Crippen LogP contribution in [0.4, 0.5) is 0 Å². The minimum absolute atomic E-state index is 0.0502. The molecule has 0 bridgehead atoms. The zero-order chi connectivity index (χ0) is 20.6. The summed E-state index contributed by atoms with van der Waals surface area (Å²) in [6.45, 7) is 5.04. The molecule has 2 aromatic rings. The molecule has 0 radical (unpaired) electrons. The van der Waals surface area contributed by atoms with Crippen molar-refractivity contribution in [3.8, 4) is 11.5 Å². The largest absolute Gasteiger partial charge is 0.497 e. The standard InChI is InChI=1S/C23H29ClN2O3/c1-17(16-29-21-9-7-20(28-2)8-10-21)25-23(27)18-11-13-26(14-12-18)15-19-5-3-4-6-22(19)24/h3-10,17-18H,11-16H2,1-2H3,(H,25,27)/t17-/m1/s1. The van der Waals surface area contributed by atoms with Gasteiger partial charge in [-0.2, -0.15) is 0 Å². The quantitative estimate of drug-likeness (QED) is 0.702. The number of carbonyl (C=O) groups is 1. The Kier molecular flexibility index (Phi) is 7.78. The second-order valence-electron chi connectivity index (χ2n) is 7.54.